The number of guanidine groups is 1. The van der Waals surface area contributed by atoms with Gasteiger partial charge in [-0.1, -0.05) is 18.2 Å². The molecule has 0 saturated heterocycles. The quantitative estimate of drug-likeness (QED) is 0.181. The summed E-state index contributed by atoms with van der Waals surface area (Å²) in [6.07, 6.45) is 1.94. The average Bonchev–Trinajstić information content (AvgIpc) is 3.53. The van der Waals surface area contributed by atoms with Crippen molar-refractivity contribution in [2.45, 2.75) is 20.0 Å². The summed E-state index contributed by atoms with van der Waals surface area (Å²) in [5.41, 5.74) is 1.80. The molecule has 0 spiro atoms. The lowest BCUT2D eigenvalue weighted by Gasteiger charge is -2.09. The zero-order valence-corrected chi connectivity index (χ0v) is 20.5. The minimum absolute atomic E-state index is 0. The molecule has 0 bridgehead atoms. The number of aromatic nitrogens is 4. The Bertz CT molecular complexity index is 1320. The summed E-state index contributed by atoms with van der Waals surface area (Å²) >= 11 is 1.63. The molecular weight excluding hydrogens is 537 g/mol. The molecule has 164 valence electrons. The Kier molecular flexibility index (Phi) is 7.00. The second-order valence-corrected chi connectivity index (χ2v) is 7.88. The predicted octanol–water partition coefficient (Wildman–Crippen LogP) is 4.47. The second kappa shape index (κ2) is 10.1. The topological polar surface area (TPSA) is 92.6 Å². The van der Waals surface area contributed by atoms with Gasteiger partial charge in [0, 0.05) is 12.7 Å². The molecule has 32 heavy (non-hydrogen) atoms. The van der Waals surface area contributed by atoms with Crippen molar-refractivity contribution in [3.63, 3.8) is 0 Å². The predicted molar refractivity (Wildman–Crippen MR) is 137 cm³/mol. The molecule has 2 N–H and O–H groups in total. The molecule has 0 unspecified atom stereocenters. The number of halogens is 1. The molecule has 0 aliphatic rings. The molecule has 4 aromatic heterocycles. The van der Waals surface area contributed by atoms with Crippen molar-refractivity contribution >= 4 is 57.1 Å². The van der Waals surface area contributed by atoms with Crippen LogP contribution in [0, 0.1) is 0 Å². The van der Waals surface area contributed by atoms with E-state index in [9.17, 15) is 0 Å². The standard InChI is InChI=1S/C22H21N7OS.HI/c1-2-23-22(25-14-20-28-27-19-9-5-6-12-29(19)20)24-13-15-10-11-17(30-15)21-26-16-7-3-4-8-18(16)31-21;/h3-12H,2,13-14H2,1H3,(H2,23,24,25);1H. The maximum absolute atomic E-state index is 6.01. The highest BCUT2D eigenvalue weighted by atomic mass is 127. The van der Waals surface area contributed by atoms with E-state index in [0.717, 1.165) is 44.8 Å². The van der Waals surface area contributed by atoms with Crippen LogP contribution in [0.5, 0.6) is 0 Å². The normalized spacial score (nSPS) is 11.6. The molecule has 10 heteroatoms. The first-order chi connectivity index (χ1) is 15.3. The van der Waals surface area contributed by atoms with Crippen molar-refractivity contribution in [2.75, 3.05) is 6.54 Å². The van der Waals surface area contributed by atoms with Gasteiger partial charge in [0.05, 0.1) is 16.8 Å². The van der Waals surface area contributed by atoms with Crippen LogP contribution in [0.25, 0.3) is 26.6 Å². The highest BCUT2D eigenvalue weighted by Crippen LogP contribution is 2.31. The first-order valence-electron chi connectivity index (χ1n) is 10.1. The summed E-state index contributed by atoms with van der Waals surface area (Å²) < 4.78 is 9.10. The van der Waals surface area contributed by atoms with Gasteiger partial charge in [0.2, 0.25) is 0 Å². The lowest BCUT2D eigenvalue weighted by molar-refractivity contribution is 0.513. The monoisotopic (exact) mass is 559 g/mol. The van der Waals surface area contributed by atoms with Crippen LogP contribution >= 0.6 is 35.3 Å². The Morgan fingerprint density at radius 2 is 1.94 bits per heavy atom. The molecule has 5 aromatic rings. The van der Waals surface area contributed by atoms with E-state index in [1.807, 2.05) is 66.1 Å². The summed E-state index contributed by atoms with van der Waals surface area (Å²) in [6, 6.07) is 17.8. The second-order valence-electron chi connectivity index (χ2n) is 6.85. The van der Waals surface area contributed by atoms with E-state index in [2.05, 4.69) is 36.9 Å². The smallest absolute Gasteiger partial charge is 0.192 e. The average molecular weight is 559 g/mol. The number of pyridine rings is 1. The van der Waals surface area contributed by atoms with Crippen molar-refractivity contribution in [3.8, 4) is 10.8 Å². The van der Waals surface area contributed by atoms with E-state index in [1.54, 1.807) is 11.3 Å². The van der Waals surface area contributed by atoms with Gasteiger partial charge in [0.1, 0.15) is 12.3 Å². The van der Waals surface area contributed by atoms with E-state index >= 15 is 0 Å². The highest BCUT2D eigenvalue weighted by Gasteiger charge is 2.11. The third-order valence-electron chi connectivity index (χ3n) is 4.70. The van der Waals surface area contributed by atoms with Crippen molar-refractivity contribution in [3.05, 3.63) is 72.4 Å². The number of hydrogen-bond donors (Lipinski definition) is 2. The molecule has 1 aromatic carbocycles. The van der Waals surface area contributed by atoms with Gasteiger partial charge in [-0.2, -0.15) is 0 Å². The van der Waals surface area contributed by atoms with E-state index in [-0.39, 0.29) is 24.0 Å². The fraction of sp³-hybridized carbons (Fsp3) is 0.182. The third kappa shape index (κ3) is 4.75. The number of rotatable bonds is 6. The maximum atomic E-state index is 6.01. The van der Waals surface area contributed by atoms with E-state index in [4.69, 9.17) is 4.42 Å². The first kappa shape index (κ1) is 22.2. The molecule has 0 amide bonds. The van der Waals surface area contributed by atoms with Crippen molar-refractivity contribution in [2.24, 2.45) is 4.99 Å². The highest BCUT2D eigenvalue weighted by molar-refractivity contribution is 14.0. The van der Waals surface area contributed by atoms with Gasteiger partial charge >= 0.3 is 0 Å². The molecule has 5 rings (SSSR count). The fourth-order valence-electron chi connectivity index (χ4n) is 3.23. The van der Waals surface area contributed by atoms with Gasteiger partial charge < -0.3 is 15.1 Å². The molecule has 0 fully saturated rings. The zero-order valence-electron chi connectivity index (χ0n) is 17.4. The zero-order chi connectivity index (χ0) is 21.0. The number of aliphatic imine (C=N–C) groups is 1. The molecule has 8 nitrogen and oxygen atoms in total. The Morgan fingerprint density at radius 1 is 1.06 bits per heavy atom. The summed E-state index contributed by atoms with van der Waals surface area (Å²) in [6.45, 7) is 3.70. The summed E-state index contributed by atoms with van der Waals surface area (Å²) in [5.74, 6) is 3.06. The third-order valence-corrected chi connectivity index (χ3v) is 5.75. The van der Waals surface area contributed by atoms with Gasteiger partial charge in [0.25, 0.3) is 0 Å². The minimum Gasteiger partial charge on any atom is -0.457 e. The van der Waals surface area contributed by atoms with Crippen LogP contribution in [0.15, 0.2) is 70.2 Å². The Morgan fingerprint density at radius 3 is 2.81 bits per heavy atom. The van der Waals surface area contributed by atoms with Crippen molar-refractivity contribution < 1.29 is 4.42 Å². The fourth-order valence-corrected chi connectivity index (χ4v) is 4.15. The van der Waals surface area contributed by atoms with Crippen LogP contribution < -0.4 is 10.6 Å². The number of thiazole rings is 1. The minimum atomic E-state index is 0. The van der Waals surface area contributed by atoms with Crippen LogP contribution in [0.3, 0.4) is 0 Å². The van der Waals surface area contributed by atoms with Crippen LogP contribution in [0.4, 0.5) is 0 Å². The number of nitrogens with one attached hydrogen (secondary N) is 2. The number of hydrogen-bond acceptors (Lipinski definition) is 6. The largest absolute Gasteiger partial charge is 0.457 e. The van der Waals surface area contributed by atoms with E-state index in [0.29, 0.717) is 19.0 Å². The summed E-state index contributed by atoms with van der Waals surface area (Å²) in [7, 11) is 0. The van der Waals surface area contributed by atoms with E-state index in [1.165, 1.54) is 0 Å². The number of furan rings is 1. The molecule has 4 heterocycles. The van der Waals surface area contributed by atoms with Crippen LogP contribution in [0.2, 0.25) is 0 Å². The number of nitrogens with zero attached hydrogens (tertiary/aromatic N) is 5. The molecule has 0 aliphatic heterocycles. The van der Waals surface area contributed by atoms with Gasteiger partial charge in [-0.05, 0) is 43.3 Å². The molecular formula is C22H22IN7OS. The lowest BCUT2D eigenvalue weighted by atomic mass is 10.3. The van der Waals surface area contributed by atoms with E-state index < -0.39 is 0 Å². The Hall–Kier alpha value is -2.99. The summed E-state index contributed by atoms with van der Waals surface area (Å²) in [5, 5.41) is 15.8. The molecule has 0 atom stereocenters. The van der Waals surface area contributed by atoms with Crippen molar-refractivity contribution in [1.82, 2.24) is 30.2 Å². The maximum Gasteiger partial charge on any atom is 0.192 e. The van der Waals surface area contributed by atoms with Crippen LogP contribution in [-0.4, -0.2) is 32.1 Å². The van der Waals surface area contributed by atoms with Crippen LogP contribution in [0.1, 0.15) is 18.5 Å². The number of para-hydroxylation sites is 1. The first-order valence-corrected chi connectivity index (χ1v) is 10.9. The van der Waals surface area contributed by atoms with Gasteiger partial charge in [0.15, 0.2) is 28.2 Å². The lowest BCUT2D eigenvalue weighted by Crippen LogP contribution is -2.36. The van der Waals surface area contributed by atoms with Gasteiger partial charge in [-0.3, -0.25) is 4.40 Å². The molecule has 0 radical (unpaired) electrons. The SMILES string of the molecule is CCNC(=NCc1nnc2ccccn12)NCc1ccc(-c2nc3ccccc3s2)o1.I. The number of benzene rings is 1. The van der Waals surface area contributed by atoms with Crippen molar-refractivity contribution in [1.29, 1.82) is 0 Å². The Labute approximate surface area is 205 Å². The number of fused-ring (bicyclic) bond motifs is 2. The molecule has 0 saturated carbocycles. The summed E-state index contributed by atoms with van der Waals surface area (Å²) in [4.78, 5) is 9.29. The van der Waals surface area contributed by atoms with Gasteiger partial charge in [-0.15, -0.1) is 45.5 Å². The molecule has 0 aliphatic carbocycles. The van der Waals surface area contributed by atoms with Crippen LogP contribution in [-0.2, 0) is 13.1 Å². The Balaban J connectivity index is 0.00000245. The van der Waals surface area contributed by atoms with Gasteiger partial charge in [-0.25, -0.2) is 9.98 Å².